The molecular weight excluding hydrogens is 276 g/mol. The molecule has 1 aromatic heterocycles. The third-order valence-electron chi connectivity index (χ3n) is 2.81. The van der Waals surface area contributed by atoms with E-state index in [1.807, 2.05) is 13.1 Å². The average molecular weight is 294 g/mol. The largest absolute Gasteiger partial charge is 0.316 e. The average Bonchev–Trinajstić information content (AvgIpc) is 2.83. The molecule has 0 saturated heterocycles. The second-order valence-corrected chi connectivity index (χ2v) is 6.29. The Bertz CT molecular complexity index is 679. The zero-order valence-corrected chi connectivity index (χ0v) is 12.3. The molecule has 0 bridgehead atoms. The SMILES string of the molecule is CNCc1cccc(S(=O)(=O)NCc2cnn(C)c2)c1. The highest BCUT2D eigenvalue weighted by molar-refractivity contribution is 7.89. The lowest BCUT2D eigenvalue weighted by molar-refractivity contribution is 0.581. The summed E-state index contributed by atoms with van der Waals surface area (Å²) in [7, 11) is 0.107. The summed E-state index contributed by atoms with van der Waals surface area (Å²) < 4.78 is 28.6. The molecule has 1 aromatic carbocycles. The predicted molar refractivity (Wildman–Crippen MR) is 76.4 cm³/mol. The van der Waals surface area contributed by atoms with Gasteiger partial charge < -0.3 is 5.32 Å². The molecule has 0 unspecified atom stereocenters. The van der Waals surface area contributed by atoms with Crippen LogP contribution in [0.2, 0.25) is 0 Å². The zero-order valence-electron chi connectivity index (χ0n) is 11.5. The summed E-state index contributed by atoms with van der Waals surface area (Å²) in [4.78, 5) is 0.272. The Morgan fingerprint density at radius 3 is 2.70 bits per heavy atom. The van der Waals surface area contributed by atoms with E-state index in [0.29, 0.717) is 6.54 Å². The summed E-state index contributed by atoms with van der Waals surface area (Å²) >= 11 is 0. The van der Waals surface area contributed by atoms with E-state index in [-0.39, 0.29) is 11.4 Å². The summed E-state index contributed by atoms with van der Waals surface area (Å²) in [6.07, 6.45) is 3.42. The van der Waals surface area contributed by atoms with Crippen molar-refractivity contribution in [2.24, 2.45) is 7.05 Å². The van der Waals surface area contributed by atoms with Gasteiger partial charge in [0.05, 0.1) is 11.1 Å². The molecule has 0 amide bonds. The van der Waals surface area contributed by atoms with E-state index in [0.717, 1.165) is 11.1 Å². The van der Waals surface area contributed by atoms with Gasteiger partial charge >= 0.3 is 0 Å². The van der Waals surface area contributed by atoms with Crippen LogP contribution in [0, 0.1) is 0 Å². The van der Waals surface area contributed by atoms with Gasteiger partial charge in [-0.3, -0.25) is 4.68 Å². The Morgan fingerprint density at radius 1 is 1.25 bits per heavy atom. The lowest BCUT2D eigenvalue weighted by Crippen LogP contribution is -2.23. The Balaban J connectivity index is 2.11. The van der Waals surface area contributed by atoms with Crippen LogP contribution in [0.1, 0.15) is 11.1 Å². The molecule has 108 valence electrons. The minimum Gasteiger partial charge on any atom is -0.316 e. The number of aromatic nitrogens is 2. The first-order valence-electron chi connectivity index (χ1n) is 6.22. The highest BCUT2D eigenvalue weighted by Gasteiger charge is 2.14. The van der Waals surface area contributed by atoms with Gasteiger partial charge in [0.25, 0.3) is 0 Å². The van der Waals surface area contributed by atoms with Gasteiger partial charge in [0.15, 0.2) is 0 Å². The van der Waals surface area contributed by atoms with Crippen molar-refractivity contribution in [2.75, 3.05) is 7.05 Å². The number of benzene rings is 1. The van der Waals surface area contributed by atoms with Gasteiger partial charge in [-0.15, -0.1) is 0 Å². The molecule has 0 spiro atoms. The van der Waals surface area contributed by atoms with Crippen LogP contribution >= 0.6 is 0 Å². The molecule has 2 aromatic rings. The number of hydrogen-bond acceptors (Lipinski definition) is 4. The fourth-order valence-corrected chi connectivity index (χ4v) is 2.94. The Kier molecular flexibility index (Phi) is 4.53. The minimum atomic E-state index is -3.50. The summed E-state index contributed by atoms with van der Waals surface area (Å²) in [6.45, 7) is 0.860. The molecule has 0 saturated carbocycles. The van der Waals surface area contributed by atoms with Gasteiger partial charge in [-0.05, 0) is 24.7 Å². The zero-order chi connectivity index (χ0) is 14.6. The van der Waals surface area contributed by atoms with Crippen LogP contribution in [-0.2, 0) is 30.2 Å². The first-order chi connectivity index (χ1) is 9.51. The molecule has 20 heavy (non-hydrogen) atoms. The molecule has 6 nitrogen and oxygen atoms in total. The smallest absolute Gasteiger partial charge is 0.240 e. The predicted octanol–water partition coefficient (Wildman–Crippen LogP) is 0.618. The quantitative estimate of drug-likeness (QED) is 0.819. The van der Waals surface area contributed by atoms with Crippen molar-refractivity contribution in [1.29, 1.82) is 0 Å². The molecule has 2 N–H and O–H groups in total. The highest BCUT2D eigenvalue weighted by Crippen LogP contribution is 2.12. The molecule has 0 aliphatic heterocycles. The monoisotopic (exact) mass is 294 g/mol. The molecule has 2 rings (SSSR count). The highest BCUT2D eigenvalue weighted by atomic mass is 32.2. The number of nitrogens with one attached hydrogen (secondary N) is 2. The van der Waals surface area contributed by atoms with E-state index in [2.05, 4.69) is 15.1 Å². The van der Waals surface area contributed by atoms with Crippen LogP contribution in [0.15, 0.2) is 41.6 Å². The number of aryl methyl sites for hydroxylation is 1. The summed E-state index contributed by atoms with van der Waals surface area (Å²) in [6, 6.07) is 6.88. The summed E-state index contributed by atoms with van der Waals surface area (Å²) in [5, 5.41) is 7.00. The van der Waals surface area contributed by atoms with Crippen LogP contribution in [0.5, 0.6) is 0 Å². The maximum Gasteiger partial charge on any atom is 0.240 e. The Labute approximate surface area is 118 Å². The lowest BCUT2D eigenvalue weighted by atomic mass is 10.2. The van der Waals surface area contributed by atoms with Crippen molar-refractivity contribution in [3.63, 3.8) is 0 Å². The van der Waals surface area contributed by atoms with Crippen LogP contribution < -0.4 is 10.0 Å². The van der Waals surface area contributed by atoms with Gasteiger partial charge in [-0.25, -0.2) is 13.1 Å². The van der Waals surface area contributed by atoms with Gasteiger partial charge in [-0.2, -0.15) is 5.10 Å². The fourth-order valence-electron chi connectivity index (χ4n) is 1.85. The van der Waals surface area contributed by atoms with Crippen LogP contribution in [0.4, 0.5) is 0 Å². The summed E-state index contributed by atoms with van der Waals surface area (Å²) in [5.41, 5.74) is 1.75. The van der Waals surface area contributed by atoms with Crippen molar-refractivity contribution in [3.8, 4) is 0 Å². The molecule has 1 heterocycles. The van der Waals surface area contributed by atoms with Crippen molar-refractivity contribution < 1.29 is 8.42 Å². The first-order valence-corrected chi connectivity index (χ1v) is 7.70. The minimum absolute atomic E-state index is 0.229. The number of hydrogen-bond donors (Lipinski definition) is 2. The van der Waals surface area contributed by atoms with E-state index < -0.39 is 10.0 Å². The number of nitrogens with zero attached hydrogens (tertiary/aromatic N) is 2. The topological polar surface area (TPSA) is 76.0 Å². The second-order valence-electron chi connectivity index (χ2n) is 4.52. The molecule has 0 fully saturated rings. The Morgan fingerprint density at radius 2 is 2.05 bits per heavy atom. The molecule has 7 heteroatoms. The van der Waals surface area contributed by atoms with E-state index in [9.17, 15) is 8.42 Å². The standard InChI is InChI=1S/C13H18N4O2S/c1-14-7-11-4-3-5-13(6-11)20(18,19)16-9-12-8-15-17(2)10-12/h3-6,8,10,14,16H,7,9H2,1-2H3. The maximum absolute atomic E-state index is 12.2. The van der Waals surface area contributed by atoms with E-state index in [4.69, 9.17) is 0 Å². The number of rotatable bonds is 6. The van der Waals surface area contributed by atoms with Crippen molar-refractivity contribution in [1.82, 2.24) is 19.8 Å². The normalized spacial score (nSPS) is 11.7. The Hall–Kier alpha value is -1.70. The van der Waals surface area contributed by atoms with Crippen molar-refractivity contribution >= 4 is 10.0 Å². The maximum atomic E-state index is 12.2. The summed E-state index contributed by atoms with van der Waals surface area (Å²) in [5.74, 6) is 0. The molecule has 0 aliphatic carbocycles. The van der Waals surface area contributed by atoms with Gasteiger partial charge in [0.2, 0.25) is 10.0 Å². The third kappa shape index (κ3) is 3.66. The number of sulfonamides is 1. The van der Waals surface area contributed by atoms with Gasteiger partial charge in [0, 0.05) is 31.9 Å². The van der Waals surface area contributed by atoms with Gasteiger partial charge in [0.1, 0.15) is 0 Å². The van der Waals surface area contributed by atoms with Crippen LogP contribution in [0.25, 0.3) is 0 Å². The molecule has 0 aliphatic rings. The van der Waals surface area contributed by atoms with Gasteiger partial charge in [-0.1, -0.05) is 12.1 Å². The molecule has 0 atom stereocenters. The van der Waals surface area contributed by atoms with Crippen molar-refractivity contribution in [3.05, 3.63) is 47.8 Å². The van der Waals surface area contributed by atoms with E-state index in [1.54, 1.807) is 42.3 Å². The first kappa shape index (κ1) is 14.7. The van der Waals surface area contributed by atoms with Crippen LogP contribution in [-0.4, -0.2) is 25.2 Å². The molecule has 0 radical (unpaired) electrons. The van der Waals surface area contributed by atoms with E-state index >= 15 is 0 Å². The lowest BCUT2D eigenvalue weighted by Gasteiger charge is -2.07. The third-order valence-corrected chi connectivity index (χ3v) is 4.21. The van der Waals surface area contributed by atoms with Crippen LogP contribution in [0.3, 0.4) is 0 Å². The van der Waals surface area contributed by atoms with Crippen molar-refractivity contribution in [2.45, 2.75) is 18.0 Å². The second kappa shape index (κ2) is 6.17. The molecular formula is C13H18N4O2S. The van der Waals surface area contributed by atoms with E-state index in [1.165, 1.54) is 0 Å². The fraction of sp³-hybridized carbons (Fsp3) is 0.308.